The van der Waals surface area contributed by atoms with E-state index in [2.05, 4.69) is 24.3 Å². The van der Waals surface area contributed by atoms with Crippen molar-refractivity contribution >= 4 is 0 Å². The maximum absolute atomic E-state index is 9.68. The Kier molecular flexibility index (Phi) is 1.88. The second-order valence-corrected chi connectivity index (χ2v) is 4.74. The van der Waals surface area contributed by atoms with E-state index in [-0.39, 0.29) is 6.10 Å². The number of hydrogen-bond donors (Lipinski definition) is 1. The normalized spacial score (nSPS) is 35.1. The first kappa shape index (κ1) is 8.49. The minimum absolute atomic E-state index is 0.0533. The van der Waals surface area contributed by atoms with Gasteiger partial charge in [-0.1, -0.05) is 24.3 Å². The number of aliphatic hydroxyl groups is 1. The molecule has 3 atom stereocenters. The third kappa shape index (κ3) is 1.19. The zero-order valence-corrected chi connectivity index (χ0v) is 8.32. The second-order valence-electron chi connectivity index (χ2n) is 4.74. The molecule has 0 saturated heterocycles. The van der Waals surface area contributed by atoms with Crippen molar-refractivity contribution in [3.63, 3.8) is 0 Å². The van der Waals surface area contributed by atoms with Crippen molar-refractivity contribution in [1.82, 2.24) is 0 Å². The smallest absolute Gasteiger partial charge is 0.0546 e. The molecule has 0 aromatic heterocycles. The molecule has 2 aliphatic rings. The molecule has 3 rings (SSSR count). The van der Waals surface area contributed by atoms with Crippen LogP contribution < -0.4 is 0 Å². The molecular weight excluding hydrogens is 172 g/mol. The molecule has 0 amide bonds. The Labute approximate surface area is 84.8 Å². The zero-order valence-electron chi connectivity index (χ0n) is 8.32. The Morgan fingerprint density at radius 1 is 1.14 bits per heavy atom. The van der Waals surface area contributed by atoms with E-state index in [1.54, 1.807) is 0 Å². The van der Waals surface area contributed by atoms with Crippen molar-refractivity contribution in [3.8, 4) is 0 Å². The Morgan fingerprint density at radius 3 is 2.93 bits per heavy atom. The Morgan fingerprint density at radius 2 is 2.00 bits per heavy atom. The van der Waals surface area contributed by atoms with Crippen LogP contribution in [0.5, 0.6) is 0 Å². The SMILES string of the molecule is OC1CCC2Cc3ccccc3C2C1. The highest BCUT2D eigenvalue weighted by molar-refractivity contribution is 5.36. The van der Waals surface area contributed by atoms with Crippen LogP contribution in [0.3, 0.4) is 0 Å². The minimum Gasteiger partial charge on any atom is -0.393 e. The molecule has 74 valence electrons. The lowest BCUT2D eigenvalue weighted by atomic mass is 9.78. The molecule has 1 aromatic rings. The highest BCUT2D eigenvalue weighted by atomic mass is 16.3. The predicted octanol–water partition coefficient (Wildman–Crippen LogP) is 2.49. The molecule has 14 heavy (non-hydrogen) atoms. The van der Waals surface area contributed by atoms with E-state index in [1.807, 2.05) is 0 Å². The lowest BCUT2D eigenvalue weighted by Gasteiger charge is -2.29. The van der Waals surface area contributed by atoms with Gasteiger partial charge in [-0.3, -0.25) is 0 Å². The highest BCUT2D eigenvalue weighted by Crippen LogP contribution is 2.46. The standard InChI is InChI=1S/C13H16O/c14-11-6-5-10-7-9-3-1-2-4-12(9)13(10)8-11/h1-4,10-11,13-14H,5-8H2. The van der Waals surface area contributed by atoms with Gasteiger partial charge in [0.05, 0.1) is 6.10 Å². The summed E-state index contributed by atoms with van der Waals surface area (Å²) in [5.41, 5.74) is 3.04. The first-order valence-electron chi connectivity index (χ1n) is 5.60. The third-order valence-corrected chi connectivity index (χ3v) is 3.90. The van der Waals surface area contributed by atoms with Crippen LogP contribution in [-0.4, -0.2) is 11.2 Å². The summed E-state index contributed by atoms with van der Waals surface area (Å²) in [6.45, 7) is 0. The molecule has 0 aliphatic heterocycles. The fourth-order valence-corrected chi connectivity index (χ4v) is 3.20. The van der Waals surface area contributed by atoms with Gasteiger partial charge in [0.1, 0.15) is 0 Å². The van der Waals surface area contributed by atoms with Gasteiger partial charge in [-0.25, -0.2) is 0 Å². The number of fused-ring (bicyclic) bond motifs is 3. The van der Waals surface area contributed by atoms with Crippen molar-refractivity contribution in [2.75, 3.05) is 0 Å². The topological polar surface area (TPSA) is 20.2 Å². The van der Waals surface area contributed by atoms with Crippen LogP contribution in [-0.2, 0) is 6.42 Å². The summed E-state index contributed by atoms with van der Waals surface area (Å²) in [4.78, 5) is 0. The molecule has 1 aromatic carbocycles. The average molecular weight is 188 g/mol. The minimum atomic E-state index is -0.0533. The molecule has 1 saturated carbocycles. The predicted molar refractivity (Wildman–Crippen MR) is 56.2 cm³/mol. The Bertz CT molecular complexity index is 345. The lowest BCUT2D eigenvalue weighted by Crippen LogP contribution is -2.23. The van der Waals surface area contributed by atoms with Crippen LogP contribution >= 0.6 is 0 Å². The number of aliphatic hydroxyl groups excluding tert-OH is 1. The summed E-state index contributed by atoms with van der Waals surface area (Å²) in [7, 11) is 0. The van der Waals surface area contributed by atoms with E-state index < -0.39 is 0 Å². The van der Waals surface area contributed by atoms with E-state index in [9.17, 15) is 5.11 Å². The molecular formula is C13H16O. The van der Waals surface area contributed by atoms with Gasteiger partial charge in [-0.15, -0.1) is 0 Å². The maximum Gasteiger partial charge on any atom is 0.0546 e. The number of benzene rings is 1. The van der Waals surface area contributed by atoms with E-state index in [1.165, 1.54) is 24.0 Å². The quantitative estimate of drug-likeness (QED) is 0.663. The molecule has 2 aliphatic carbocycles. The summed E-state index contributed by atoms with van der Waals surface area (Å²) in [5.74, 6) is 1.46. The molecule has 3 unspecified atom stereocenters. The maximum atomic E-state index is 9.68. The summed E-state index contributed by atoms with van der Waals surface area (Å²) >= 11 is 0. The van der Waals surface area contributed by atoms with Crippen molar-refractivity contribution < 1.29 is 5.11 Å². The molecule has 1 heteroatoms. The molecule has 0 bridgehead atoms. The zero-order chi connectivity index (χ0) is 9.54. The fourth-order valence-electron chi connectivity index (χ4n) is 3.20. The average Bonchev–Trinajstić information content (AvgIpc) is 2.56. The second kappa shape index (κ2) is 3.09. The molecule has 1 nitrogen and oxygen atoms in total. The molecule has 0 spiro atoms. The summed E-state index contributed by atoms with van der Waals surface area (Å²) < 4.78 is 0. The molecule has 1 fully saturated rings. The van der Waals surface area contributed by atoms with Crippen molar-refractivity contribution in [2.24, 2.45) is 5.92 Å². The summed E-state index contributed by atoms with van der Waals surface area (Å²) in [6, 6.07) is 8.76. The van der Waals surface area contributed by atoms with Gasteiger partial charge in [-0.05, 0) is 48.6 Å². The van der Waals surface area contributed by atoms with Gasteiger partial charge in [-0.2, -0.15) is 0 Å². The molecule has 0 radical (unpaired) electrons. The first-order valence-corrected chi connectivity index (χ1v) is 5.60. The monoisotopic (exact) mass is 188 g/mol. The highest BCUT2D eigenvalue weighted by Gasteiger charge is 2.36. The van der Waals surface area contributed by atoms with E-state index in [4.69, 9.17) is 0 Å². The van der Waals surface area contributed by atoms with Crippen molar-refractivity contribution in [3.05, 3.63) is 35.4 Å². The van der Waals surface area contributed by atoms with Crippen LogP contribution in [0.4, 0.5) is 0 Å². The largest absolute Gasteiger partial charge is 0.393 e. The summed E-state index contributed by atoms with van der Waals surface area (Å²) in [5, 5.41) is 9.68. The fraction of sp³-hybridized carbons (Fsp3) is 0.538. The lowest BCUT2D eigenvalue weighted by molar-refractivity contribution is 0.0990. The van der Waals surface area contributed by atoms with Gasteiger partial charge in [0, 0.05) is 0 Å². The Balaban J connectivity index is 1.97. The van der Waals surface area contributed by atoms with Crippen LogP contribution in [0.15, 0.2) is 24.3 Å². The van der Waals surface area contributed by atoms with E-state index in [0.717, 1.165) is 18.8 Å². The Hall–Kier alpha value is -0.820. The van der Waals surface area contributed by atoms with Crippen LogP contribution in [0.25, 0.3) is 0 Å². The van der Waals surface area contributed by atoms with Crippen LogP contribution in [0.2, 0.25) is 0 Å². The van der Waals surface area contributed by atoms with Crippen molar-refractivity contribution in [2.45, 2.75) is 37.7 Å². The summed E-state index contributed by atoms with van der Waals surface area (Å²) in [6.07, 6.45) is 4.40. The van der Waals surface area contributed by atoms with Gasteiger partial charge in [0.2, 0.25) is 0 Å². The van der Waals surface area contributed by atoms with E-state index in [0.29, 0.717) is 5.92 Å². The molecule has 0 heterocycles. The number of hydrogen-bond acceptors (Lipinski definition) is 1. The van der Waals surface area contributed by atoms with Gasteiger partial charge in [0.25, 0.3) is 0 Å². The third-order valence-electron chi connectivity index (χ3n) is 3.90. The van der Waals surface area contributed by atoms with Crippen LogP contribution in [0, 0.1) is 5.92 Å². The van der Waals surface area contributed by atoms with E-state index >= 15 is 0 Å². The van der Waals surface area contributed by atoms with Crippen LogP contribution in [0.1, 0.15) is 36.3 Å². The van der Waals surface area contributed by atoms with Gasteiger partial charge in [0.15, 0.2) is 0 Å². The van der Waals surface area contributed by atoms with Gasteiger partial charge >= 0.3 is 0 Å². The number of rotatable bonds is 0. The van der Waals surface area contributed by atoms with Gasteiger partial charge < -0.3 is 5.11 Å². The first-order chi connectivity index (χ1) is 6.84. The molecule has 1 N–H and O–H groups in total. The van der Waals surface area contributed by atoms with Crippen molar-refractivity contribution in [1.29, 1.82) is 0 Å².